The van der Waals surface area contributed by atoms with Crippen molar-refractivity contribution in [1.82, 2.24) is 9.88 Å². The molecule has 0 spiro atoms. The lowest BCUT2D eigenvalue weighted by atomic mass is 10.1. The van der Waals surface area contributed by atoms with E-state index in [-0.39, 0.29) is 5.82 Å². The zero-order valence-corrected chi connectivity index (χ0v) is 13.4. The molecule has 0 aliphatic carbocycles. The van der Waals surface area contributed by atoms with Crippen LogP contribution in [0.25, 0.3) is 10.2 Å². The van der Waals surface area contributed by atoms with Gasteiger partial charge >= 0.3 is 0 Å². The van der Waals surface area contributed by atoms with Crippen LogP contribution in [-0.2, 0) is 11.3 Å². The maximum Gasteiger partial charge on any atom is 0.239 e. The molecule has 23 heavy (non-hydrogen) atoms. The zero-order chi connectivity index (χ0) is 16.4. The minimum Gasteiger partial charge on any atom is -0.368 e. The number of hydrogen-bond donors (Lipinski definition) is 1. The Morgan fingerprint density at radius 1 is 1.26 bits per heavy atom. The Balaban J connectivity index is 1.84. The first-order valence-corrected chi connectivity index (χ1v) is 7.96. The zero-order valence-electron chi connectivity index (χ0n) is 12.6. The molecule has 0 aliphatic rings. The van der Waals surface area contributed by atoms with Gasteiger partial charge in [-0.1, -0.05) is 24.3 Å². The van der Waals surface area contributed by atoms with E-state index < -0.39 is 11.9 Å². The number of carbonyl (C=O) groups is 1. The third kappa shape index (κ3) is 3.38. The summed E-state index contributed by atoms with van der Waals surface area (Å²) in [5, 5.41) is 0.905. The lowest BCUT2D eigenvalue weighted by molar-refractivity contribution is -0.123. The molecule has 2 N–H and O–H groups in total. The third-order valence-corrected chi connectivity index (χ3v) is 4.64. The van der Waals surface area contributed by atoms with Crippen molar-refractivity contribution < 1.29 is 9.18 Å². The molecule has 0 bridgehead atoms. The minimum absolute atomic E-state index is 0.342. The van der Waals surface area contributed by atoms with Crippen LogP contribution in [0.2, 0.25) is 0 Å². The minimum atomic E-state index is -0.623. The van der Waals surface area contributed by atoms with Crippen LogP contribution in [0.15, 0.2) is 48.5 Å². The molecule has 0 fully saturated rings. The van der Waals surface area contributed by atoms with Gasteiger partial charge in [0.05, 0.1) is 16.8 Å². The number of nitrogens with two attached hydrogens (primary N) is 1. The summed E-state index contributed by atoms with van der Waals surface area (Å²) in [6.45, 7) is 0.490. The van der Waals surface area contributed by atoms with Crippen LogP contribution in [0.1, 0.15) is 16.6 Å². The molecule has 0 saturated carbocycles. The molecule has 1 heterocycles. The molecule has 1 aromatic heterocycles. The van der Waals surface area contributed by atoms with Gasteiger partial charge in [-0.2, -0.15) is 0 Å². The topological polar surface area (TPSA) is 59.2 Å². The summed E-state index contributed by atoms with van der Waals surface area (Å²) in [6.07, 6.45) is 0. The molecule has 0 aliphatic heterocycles. The fourth-order valence-corrected chi connectivity index (χ4v) is 3.60. The summed E-state index contributed by atoms with van der Waals surface area (Å²) in [5.41, 5.74) is 7.16. The number of amides is 1. The predicted molar refractivity (Wildman–Crippen MR) is 89.4 cm³/mol. The first-order valence-electron chi connectivity index (χ1n) is 7.14. The highest BCUT2D eigenvalue weighted by Gasteiger charge is 2.23. The summed E-state index contributed by atoms with van der Waals surface area (Å²) < 4.78 is 14.2. The van der Waals surface area contributed by atoms with Crippen molar-refractivity contribution in [2.75, 3.05) is 7.05 Å². The fourth-order valence-electron chi connectivity index (χ4n) is 2.57. The van der Waals surface area contributed by atoms with E-state index in [1.165, 1.54) is 12.1 Å². The van der Waals surface area contributed by atoms with E-state index >= 15 is 0 Å². The molecular formula is C17H16FN3OS. The summed E-state index contributed by atoms with van der Waals surface area (Å²) in [6, 6.07) is 13.1. The van der Waals surface area contributed by atoms with E-state index in [2.05, 4.69) is 4.98 Å². The second-order valence-electron chi connectivity index (χ2n) is 5.35. The SMILES string of the molecule is CN(Cc1nc2ccccc2s1)[C@@H](C(N)=O)c1ccc(F)cc1. The lowest BCUT2D eigenvalue weighted by Gasteiger charge is -2.24. The molecule has 3 aromatic rings. The quantitative estimate of drug-likeness (QED) is 0.782. The molecular weight excluding hydrogens is 313 g/mol. The predicted octanol–water partition coefficient (Wildman–Crippen LogP) is 3.09. The van der Waals surface area contributed by atoms with Crippen LogP contribution in [0.4, 0.5) is 4.39 Å². The number of primary amides is 1. The molecule has 0 radical (unpaired) electrons. The van der Waals surface area contributed by atoms with Gasteiger partial charge in [-0.05, 0) is 36.9 Å². The Hall–Kier alpha value is -2.31. The second kappa shape index (κ2) is 6.44. The van der Waals surface area contributed by atoms with Gasteiger partial charge in [-0.3, -0.25) is 9.69 Å². The van der Waals surface area contributed by atoms with E-state index in [1.54, 1.807) is 23.5 Å². The van der Waals surface area contributed by atoms with Gasteiger partial charge in [-0.25, -0.2) is 9.37 Å². The Morgan fingerprint density at radius 2 is 1.96 bits per heavy atom. The molecule has 118 valence electrons. The number of benzene rings is 2. The van der Waals surface area contributed by atoms with E-state index in [0.29, 0.717) is 12.1 Å². The molecule has 6 heteroatoms. The first-order chi connectivity index (χ1) is 11.0. The number of para-hydroxylation sites is 1. The van der Waals surface area contributed by atoms with Gasteiger partial charge in [0.15, 0.2) is 0 Å². The van der Waals surface area contributed by atoms with E-state index in [9.17, 15) is 9.18 Å². The smallest absolute Gasteiger partial charge is 0.239 e. The number of nitrogens with zero attached hydrogens (tertiary/aromatic N) is 2. The molecule has 2 aromatic carbocycles. The highest BCUT2D eigenvalue weighted by atomic mass is 32.1. The highest BCUT2D eigenvalue weighted by molar-refractivity contribution is 7.18. The maximum absolute atomic E-state index is 13.1. The lowest BCUT2D eigenvalue weighted by Crippen LogP contribution is -2.34. The number of hydrogen-bond acceptors (Lipinski definition) is 4. The Labute approximate surface area is 137 Å². The molecule has 0 unspecified atom stereocenters. The Morgan fingerprint density at radius 3 is 2.61 bits per heavy atom. The van der Waals surface area contributed by atoms with Crippen LogP contribution in [0, 0.1) is 5.82 Å². The van der Waals surface area contributed by atoms with Gasteiger partial charge in [0.1, 0.15) is 16.9 Å². The highest BCUT2D eigenvalue weighted by Crippen LogP contribution is 2.26. The second-order valence-corrected chi connectivity index (χ2v) is 6.46. The average molecular weight is 329 g/mol. The van der Waals surface area contributed by atoms with Gasteiger partial charge < -0.3 is 5.73 Å². The van der Waals surface area contributed by atoms with Crippen LogP contribution >= 0.6 is 11.3 Å². The van der Waals surface area contributed by atoms with Crippen LogP contribution in [0.5, 0.6) is 0 Å². The average Bonchev–Trinajstić information content (AvgIpc) is 2.91. The van der Waals surface area contributed by atoms with Crippen molar-refractivity contribution in [3.63, 3.8) is 0 Å². The van der Waals surface area contributed by atoms with Crippen LogP contribution in [-0.4, -0.2) is 22.8 Å². The summed E-state index contributed by atoms with van der Waals surface area (Å²) >= 11 is 1.59. The van der Waals surface area contributed by atoms with Crippen LogP contribution in [0.3, 0.4) is 0 Å². The Kier molecular flexibility index (Phi) is 4.36. The molecule has 4 nitrogen and oxygen atoms in total. The number of carbonyl (C=O) groups excluding carboxylic acids is 1. The largest absolute Gasteiger partial charge is 0.368 e. The maximum atomic E-state index is 13.1. The summed E-state index contributed by atoms with van der Waals surface area (Å²) in [4.78, 5) is 18.3. The van der Waals surface area contributed by atoms with Crippen molar-refractivity contribution in [3.8, 4) is 0 Å². The molecule has 1 amide bonds. The number of likely N-dealkylation sites (N-methyl/N-ethyl adjacent to an activating group) is 1. The molecule has 0 saturated heterocycles. The van der Waals surface area contributed by atoms with E-state index in [1.807, 2.05) is 36.2 Å². The third-order valence-electron chi connectivity index (χ3n) is 3.62. The van der Waals surface area contributed by atoms with Crippen molar-refractivity contribution in [1.29, 1.82) is 0 Å². The molecule has 3 rings (SSSR count). The van der Waals surface area contributed by atoms with Gasteiger partial charge in [0, 0.05) is 0 Å². The van der Waals surface area contributed by atoms with E-state index in [4.69, 9.17) is 5.73 Å². The standard InChI is InChI=1S/C17H16FN3OS/c1-21(10-15-20-13-4-2-3-5-14(13)23-15)16(17(19)22)11-6-8-12(18)9-7-11/h2-9,16H,10H2,1H3,(H2,19,22)/t16-/m1/s1. The molecule has 1 atom stereocenters. The summed E-state index contributed by atoms with van der Waals surface area (Å²) in [5.74, 6) is -0.814. The number of fused-ring (bicyclic) bond motifs is 1. The fraction of sp³-hybridized carbons (Fsp3) is 0.176. The first kappa shape index (κ1) is 15.6. The van der Waals surface area contributed by atoms with Crippen LogP contribution < -0.4 is 5.73 Å². The van der Waals surface area contributed by atoms with Crippen molar-refractivity contribution in [2.24, 2.45) is 5.73 Å². The van der Waals surface area contributed by atoms with Crippen molar-refractivity contribution >= 4 is 27.5 Å². The van der Waals surface area contributed by atoms with Gasteiger partial charge in [0.2, 0.25) is 5.91 Å². The van der Waals surface area contributed by atoms with Gasteiger partial charge in [0.25, 0.3) is 0 Å². The summed E-state index contributed by atoms with van der Waals surface area (Å²) in [7, 11) is 1.81. The number of thiazole rings is 1. The monoisotopic (exact) mass is 329 g/mol. The van der Waals surface area contributed by atoms with Gasteiger partial charge in [-0.15, -0.1) is 11.3 Å². The van der Waals surface area contributed by atoms with Crippen molar-refractivity contribution in [2.45, 2.75) is 12.6 Å². The van der Waals surface area contributed by atoms with Crippen molar-refractivity contribution in [3.05, 3.63) is 64.9 Å². The number of halogens is 1. The number of rotatable bonds is 5. The number of aromatic nitrogens is 1. The Bertz CT molecular complexity index is 798. The van der Waals surface area contributed by atoms with E-state index in [0.717, 1.165) is 15.2 Å². The normalized spacial score (nSPS) is 12.7.